The number of hydrogen-bond acceptors (Lipinski definition) is 3. The Morgan fingerprint density at radius 3 is 2.00 bits per heavy atom. The van der Waals surface area contributed by atoms with Crippen molar-refractivity contribution >= 4 is 0 Å². The van der Waals surface area contributed by atoms with Gasteiger partial charge in [-0.15, -0.1) is 10.2 Å². The molecular formula is C14H22N4. The van der Waals surface area contributed by atoms with Gasteiger partial charge in [0.05, 0.1) is 6.04 Å². The van der Waals surface area contributed by atoms with Crippen LogP contribution in [-0.2, 0) is 0 Å². The highest BCUT2D eigenvalue weighted by Gasteiger charge is 2.54. The van der Waals surface area contributed by atoms with Gasteiger partial charge >= 0.3 is 0 Å². The first kappa shape index (κ1) is 11.0. The maximum absolute atomic E-state index is 6.11. The van der Waals surface area contributed by atoms with E-state index in [-0.39, 0.29) is 0 Å². The fraction of sp³-hybridized carbons (Fsp3) is 0.857. The van der Waals surface area contributed by atoms with Gasteiger partial charge in [-0.05, 0) is 61.7 Å². The second-order valence-corrected chi connectivity index (χ2v) is 6.94. The monoisotopic (exact) mass is 246 g/mol. The van der Waals surface area contributed by atoms with Crippen molar-refractivity contribution in [2.24, 2.45) is 28.9 Å². The molecular weight excluding hydrogens is 224 g/mol. The Hall–Kier alpha value is -0.900. The van der Waals surface area contributed by atoms with Gasteiger partial charge in [0.15, 0.2) is 0 Å². The van der Waals surface area contributed by atoms with Crippen LogP contribution >= 0.6 is 0 Å². The van der Waals surface area contributed by atoms with Crippen LogP contribution in [0, 0.1) is 23.2 Å². The molecule has 4 aliphatic carbocycles. The first-order chi connectivity index (χ1) is 8.79. The van der Waals surface area contributed by atoms with Crippen molar-refractivity contribution in [1.29, 1.82) is 0 Å². The van der Waals surface area contributed by atoms with Gasteiger partial charge in [-0.25, -0.2) is 0 Å². The van der Waals surface area contributed by atoms with Gasteiger partial charge in [0, 0.05) is 6.54 Å². The summed E-state index contributed by atoms with van der Waals surface area (Å²) in [7, 11) is 0. The summed E-state index contributed by atoms with van der Waals surface area (Å²) in [5.74, 6) is 2.92. The number of rotatable bonds is 3. The van der Waals surface area contributed by atoms with Crippen LogP contribution in [0.1, 0.15) is 44.6 Å². The van der Waals surface area contributed by atoms with E-state index in [1.54, 1.807) is 0 Å². The first-order valence-corrected chi connectivity index (χ1v) is 7.33. The molecule has 0 amide bonds. The molecule has 1 unspecified atom stereocenters. The largest absolute Gasteiger partial charge is 0.328 e. The van der Waals surface area contributed by atoms with E-state index in [0.717, 1.165) is 24.3 Å². The standard InChI is InChI=1S/C14H22N4/c15-7-13(18-8-16-17-9-18)14-4-10-1-11(5-14)3-12(2-10)6-14/h8-13H,1-7,15H2. The minimum absolute atomic E-state index is 0.417. The highest BCUT2D eigenvalue weighted by atomic mass is 15.2. The molecule has 98 valence electrons. The molecule has 0 spiro atoms. The summed E-state index contributed by atoms with van der Waals surface area (Å²) in [6.45, 7) is 0.726. The summed E-state index contributed by atoms with van der Waals surface area (Å²) in [6, 6.07) is 0.417. The van der Waals surface area contributed by atoms with Crippen LogP contribution in [0.5, 0.6) is 0 Å². The predicted octanol–water partition coefficient (Wildman–Crippen LogP) is 1.99. The Kier molecular flexibility index (Phi) is 2.31. The summed E-state index contributed by atoms with van der Waals surface area (Å²) in [4.78, 5) is 0. The Morgan fingerprint density at radius 1 is 1.06 bits per heavy atom. The average molecular weight is 246 g/mol. The molecule has 5 rings (SSSR count). The van der Waals surface area contributed by atoms with Crippen LogP contribution in [0.15, 0.2) is 12.7 Å². The highest BCUT2D eigenvalue weighted by Crippen LogP contribution is 2.63. The van der Waals surface area contributed by atoms with Crippen molar-refractivity contribution in [1.82, 2.24) is 14.8 Å². The van der Waals surface area contributed by atoms with E-state index in [2.05, 4.69) is 14.8 Å². The normalized spacial score (nSPS) is 43.3. The topological polar surface area (TPSA) is 56.7 Å². The lowest BCUT2D eigenvalue weighted by Crippen LogP contribution is -2.51. The van der Waals surface area contributed by atoms with Gasteiger partial charge in [0.2, 0.25) is 0 Å². The van der Waals surface area contributed by atoms with Gasteiger partial charge in [-0.3, -0.25) is 0 Å². The van der Waals surface area contributed by atoms with Crippen LogP contribution in [0.25, 0.3) is 0 Å². The summed E-state index contributed by atoms with van der Waals surface area (Å²) in [5, 5.41) is 7.95. The van der Waals surface area contributed by atoms with E-state index in [0.29, 0.717) is 11.5 Å². The zero-order chi connectivity index (χ0) is 12.2. The van der Waals surface area contributed by atoms with Crippen molar-refractivity contribution in [3.63, 3.8) is 0 Å². The molecule has 0 aliphatic heterocycles. The average Bonchev–Trinajstić information content (AvgIpc) is 2.81. The van der Waals surface area contributed by atoms with E-state index < -0.39 is 0 Å². The van der Waals surface area contributed by atoms with Crippen LogP contribution in [0.3, 0.4) is 0 Å². The molecule has 0 saturated heterocycles. The SMILES string of the molecule is NCC(n1cnnc1)C12CC3CC(CC(C3)C1)C2. The van der Waals surface area contributed by atoms with Crippen molar-refractivity contribution < 1.29 is 0 Å². The van der Waals surface area contributed by atoms with Crippen LogP contribution in [-0.4, -0.2) is 21.3 Å². The number of nitrogens with two attached hydrogens (primary N) is 1. The predicted molar refractivity (Wildman–Crippen MR) is 68.7 cm³/mol. The Morgan fingerprint density at radius 2 is 1.56 bits per heavy atom. The fourth-order valence-electron chi connectivity index (χ4n) is 5.64. The number of hydrogen-bond donors (Lipinski definition) is 1. The molecule has 1 atom stereocenters. The summed E-state index contributed by atoms with van der Waals surface area (Å²) in [5.41, 5.74) is 6.56. The second-order valence-electron chi connectivity index (χ2n) is 6.94. The van der Waals surface area contributed by atoms with Gasteiger partial charge in [-0.1, -0.05) is 0 Å². The molecule has 4 aliphatic rings. The third-order valence-corrected chi connectivity index (χ3v) is 5.81. The van der Waals surface area contributed by atoms with E-state index in [9.17, 15) is 0 Å². The minimum atomic E-state index is 0.417. The third kappa shape index (κ3) is 1.48. The van der Waals surface area contributed by atoms with E-state index in [1.165, 1.54) is 38.5 Å². The molecule has 0 aromatic carbocycles. The van der Waals surface area contributed by atoms with E-state index in [1.807, 2.05) is 12.7 Å². The molecule has 4 nitrogen and oxygen atoms in total. The number of nitrogens with zero attached hydrogens (tertiary/aromatic N) is 3. The molecule has 4 heteroatoms. The molecule has 2 N–H and O–H groups in total. The van der Waals surface area contributed by atoms with Gasteiger partial charge in [-0.2, -0.15) is 0 Å². The van der Waals surface area contributed by atoms with Crippen LogP contribution in [0.2, 0.25) is 0 Å². The fourth-order valence-corrected chi connectivity index (χ4v) is 5.64. The number of aromatic nitrogens is 3. The van der Waals surface area contributed by atoms with Gasteiger partial charge in [0.1, 0.15) is 12.7 Å². The molecule has 18 heavy (non-hydrogen) atoms. The summed E-state index contributed by atoms with van der Waals surface area (Å²) < 4.78 is 2.17. The lowest BCUT2D eigenvalue weighted by Gasteiger charge is -2.59. The van der Waals surface area contributed by atoms with Gasteiger partial charge < -0.3 is 10.3 Å². The maximum atomic E-state index is 6.11. The van der Waals surface area contributed by atoms with Crippen molar-refractivity contribution in [3.8, 4) is 0 Å². The van der Waals surface area contributed by atoms with E-state index >= 15 is 0 Å². The smallest absolute Gasteiger partial charge is 0.119 e. The summed E-state index contributed by atoms with van der Waals surface area (Å²) in [6.07, 6.45) is 12.3. The minimum Gasteiger partial charge on any atom is -0.328 e. The molecule has 1 heterocycles. The maximum Gasteiger partial charge on any atom is 0.119 e. The molecule has 1 aromatic heterocycles. The third-order valence-electron chi connectivity index (χ3n) is 5.81. The lowest BCUT2D eigenvalue weighted by atomic mass is 9.47. The summed E-state index contributed by atoms with van der Waals surface area (Å²) >= 11 is 0. The molecule has 4 fully saturated rings. The zero-order valence-electron chi connectivity index (χ0n) is 10.8. The zero-order valence-corrected chi connectivity index (χ0v) is 10.8. The molecule has 1 aromatic rings. The van der Waals surface area contributed by atoms with Crippen LogP contribution in [0.4, 0.5) is 0 Å². The molecule has 4 bridgehead atoms. The quantitative estimate of drug-likeness (QED) is 0.887. The Labute approximate surface area is 108 Å². The second kappa shape index (κ2) is 3.80. The first-order valence-electron chi connectivity index (χ1n) is 7.33. The van der Waals surface area contributed by atoms with Crippen molar-refractivity contribution in [3.05, 3.63) is 12.7 Å². The van der Waals surface area contributed by atoms with Gasteiger partial charge in [0.25, 0.3) is 0 Å². The van der Waals surface area contributed by atoms with Crippen LogP contribution < -0.4 is 5.73 Å². The Balaban J connectivity index is 1.70. The van der Waals surface area contributed by atoms with E-state index in [4.69, 9.17) is 5.73 Å². The molecule has 4 saturated carbocycles. The lowest BCUT2D eigenvalue weighted by molar-refractivity contribution is -0.0807. The Bertz CT molecular complexity index is 390. The van der Waals surface area contributed by atoms with Crippen molar-refractivity contribution in [2.45, 2.75) is 44.6 Å². The van der Waals surface area contributed by atoms with Crippen molar-refractivity contribution in [2.75, 3.05) is 6.54 Å². The molecule has 0 radical (unpaired) electrons. The highest BCUT2D eigenvalue weighted by molar-refractivity contribution is 5.06.